The zero-order valence-corrected chi connectivity index (χ0v) is 17.4. The Morgan fingerprint density at radius 2 is 2.10 bits per heavy atom. The minimum absolute atomic E-state index is 0.363. The van der Waals surface area contributed by atoms with Crippen LogP contribution in [-0.2, 0) is 6.54 Å². The third kappa shape index (κ3) is 3.65. The largest absolute Gasteiger partial charge is 0.496 e. The van der Waals surface area contributed by atoms with Crippen LogP contribution < -0.4 is 4.74 Å². The van der Waals surface area contributed by atoms with Gasteiger partial charge in [0.05, 0.1) is 35.0 Å². The van der Waals surface area contributed by atoms with Gasteiger partial charge in [-0.2, -0.15) is 0 Å². The van der Waals surface area contributed by atoms with Gasteiger partial charge in [0.15, 0.2) is 0 Å². The van der Waals surface area contributed by atoms with Gasteiger partial charge < -0.3 is 19.0 Å². The Labute approximate surface area is 173 Å². The molecule has 0 aliphatic heterocycles. The monoisotopic (exact) mass is 409 g/mol. The first-order valence-electron chi connectivity index (χ1n) is 9.51. The molecule has 29 heavy (non-hydrogen) atoms. The van der Waals surface area contributed by atoms with Gasteiger partial charge in [-0.1, -0.05) is 13.8 Å². The van der Waals surface area contributed by atoms with Crippen molar-refractivity contribution in [3.8, 4) is 22.7 Å². The first kappa shape index (κ1) is 19.3. The summed E-state index contributed by atoms with van der Waals surface area (Å²) in [7, 11) is 1.67. The summed E-state index contributed by atoms with van der Waals surface area (Å²) < 4.78 is 10.8. The number of aryl methyl sites for hydroxylation is 1. The van der Waals surface area contributed by atoms with E-state index in [9.17, 15) is 9.90 Å². The molecule has 150 valence electrons. The van der Waals surface area contributed by atoms with Gasteiger partial charge in [0.2, 0.25) is 0 Å². The van der Waals surface area contributed by atoms with Crippen LogP contribution in [0.5, 0.6) is 5.75 Å². The van der Waals surface area contributed by atoms with E-state index in [4.69, 9.17) is 4.74 Å². The molecular formula is C22H23N3O3S. The number of carboxylic acids is 1. The summed E-state index contributed by atoms with van der Waals surface area (Å²) in [5.41, 5.74) is 3.96. The lowest BCUT2D eigenvalue weighted by Gasteiger charge is -2.15. The van der Waals surface area contributed by atoms with Crippen LogP contribution in [0.1, 0.15) is 29.9 Å². The van der Waals surface area contributed by atoms with Gasteiger partial charge in [0, 0.05) is 30.6 Å². The summed E-state index contributed by atoms with van der Waals surface area (Å²) >= 11 is 1.31. The van der Waals surface area contributed by atoms with Gasteiger partial charge in [-0.05, 0) is 36.6 Å². The van der Waals surface area contributed by atoms with Crippen LogP contribution in [0.2, 0.25) is 0 Å². The van der Waals surface area contributed by atoms with E-state index >= 15 is 0 Å². The summed E-state index contributed by atoms with van der Waals surface area (Å²) in [6, 6.07) is 9.93. The number of fused-ring (bicyclic) bond motifs is 1. The lowest BCUT2D eigenvalue weighted by atomic mass is 10.1. The lowest BCUT2D eigenvalue weighted by molar-refractivity contribution is 0.0702. The molecule has 0 saturated heterocycles. The number of thiophene rings is 1. The average Bonchev–Trinajstić information content (AvgIpc) is 3.42. The van der Waals surface area contributed by atoms with Gasteiger partial charge >= 0.3 is 5.97 Å². The van der Waals surface area contributed by atoms with Crippen molar-refractivity contribution >= 4 is 27.5 Å². The molecule has 0 fully saturated rings. The smallest absolute Gasteiger partial charge is 0.345 e. The summed E-state index contributed by atoms with van der Waals surface area (Å²) in [5, 5.41) is 9.38. The molecule has 0 saturated carbocycles. The molecule has 0 atom stereocenters. The third-order valence-electron chi connectivity index (χ3n) is 4.99. The van der Waals surface area contributed by atoms with E-state index in [1.165, 1.54) is 11.3 Å². The summed E-state index contributed by atoms with van der Waals surface area (Å²) in [5.74, 6) is 0.430. The van der Waals surface area contributed by atoms with Gasteiger partial charge in [0.25, 0.3) is 0 Å². The number of carboxylic acid groups (broad SMARTS) is 1. The molecule has 1 aromatic carbocycles. The predicted octanol–water partition coefficient (Wildman–Crippen LogP) is 5.31. The fraction of sp³-hybridized carbons (Fsp3) is 0.273. The van der Waals surface area contributed by atoms with Crippen molar-refractivity contribution in [1.29, 1.82) is 0 Å². The minimum atomic E-state index is -0.884. The number of carbonyl (C=O) groups is 1. The van der Waals surface area contributed by atoms with Gasteiger partial charge in [0.1, 0.15) is 10.6 Å². The molecule has 0 aliphatic rings. The van der Waals surface area contributed by atoms with Crippen molar-refractivity contribution < 1.29 is 14.6 Å². The van der Waals surface area contributed by atoms with Gasteiger partial charge in [-0.25, -0.2) is 9.78 Å². The Hall–Kier alpha value is -3.06. The molecule has 0 spiro atoms. The molecule has 4 aromatic rings. The Morgan fingerprint density at radius 3 is 2.76 bits per heavy atom. The normalized spacial score (nSPS) is 11.4. The molecule has 6 nitrogen and oxygen atoms in total. The van der Waals surface area contributed by atoms with Gasteiger partial charge in [-0.3, -0.25) is 0 Å². The molecule has 0 bridgehead atoms. The Morgan fingerprint density at radius 1 is 1.28 bits per heavy atom. The van der Waals surface area contributed by atoms with Crippen LogP contribution in [0.25, 0.3) is 27.2 Å². The number of hydrogen-bond donors (Lipinski definition) is 1. The molecule has 3 aromatic heterocycles. The maximum Gasteiger partial charge on any atom is 0.345 e. The average molecular weight is 410 g/mol. The van der Waals surface area contributed by atoms with E-state index in [-0.39, 0.29) is 0 Å². The maximum atomic E-state index is 11.4. The fourth-order valence-electron chi connectivity index (χ4n) is 3.46. The molecule has 0 aliphatic carbocycles. The quantitative estimate of drug-likeness (QED) is 0.449. The summed E-state index contributed by atoms with van der Waals surface area (Å²) in [6.45, 7) is 5.20. The Bertz CT molecular complexity index is 1160. The van der Waals surface area contributed by atoms with E-state index in [1.807, 2.05) is 22.9 Å². The molecule has 4 rings (SSSR count). The molecule has 7 heteroatoms. The first-order valence-corrected chi connectivity index (χ1v) is 10.3. The highest BCUT2D eigenvalue weighted by molar-refractivity contribution is 7.20. The van der Waals surface area contributed by atoms with Crippen molar-refractivity contribution in [3.05, 3.63) is 53.9 Å². The number of benzene rings is 1. The maximum absolute atomic E-state index is 11.4. The van der Waals surface area contributed by atoms with E-state index in [0.29, 0.717) is 10.8 Å². The molecular weight excluding hydrogens is 386 g/mol. The topological polar surface area (TPSA) is 69.3 Å². The second kappa shape index (κ2) is 7.75. The van der Waals surface area contributed by atoms with Crippen LogP contribution >= 0.6 is 11.3 Å². The number of nitrogens with zero attached hydrogens (tertiary/aromatic N) is 3. The van der Waals surface area contributed by atoms with E-state index in [0.717, 1.165) is 45.9 Å². The number of rotatable bonds is 7. The predicted molar refractivity (Wildman–Crippen MR) is 115 cm³/mol. The molecule has 3 heterocycles. The van der Waals surface area contributed by atoms with Crippen LogP contribution in [0.3, 0.4) is 0 Å². The Kier molecular flexibility index (Phi) is 5.15. The zero-order valence-electron chi connectivity index (χ0n) is 16.6. The minimum Gasteiger partial charge on any atom is -0.496 e. The fourth-order valence-corrected chi connectivity index (χ4v) is 4.40. The molecule has 0 amide bonds. The number of methoxy groups -OCH3 is 1. The van der Waals surface area contributed by atoms with Crippen molar-refractivity contribution in [1.82, 2.24) is 14.1 Å². The van der Waals surface area contributed by atoms with Crippen molar-refractivity contribution in [3.63, 3.8) is 0 Å². The van der Waals surface area contributed by atoms with Crippen LogP contribution in [0.4, 0.5) is 0 Å². The highest BCUT2D eigenvalue weighted by atomic mass is 32.1. The zero-order chi connectivity index (χ0) is 20.5. The van der Waals surface area contributed by atoms with Crippen LogP contribution in [0.15, 0.2) is 49.1 Å². The summed E-state index contributed by atoms with van der Waals surface area (Å²) in [4.78, 5) is 15.9. The second-order valence-corrected chi connectivity index (χ2v) is 8.47. The first-order chi connectivity index (χ1) is 14.0. The number of hydrogen-bond acceptors (Lipinski definition) is 4. The highest BCUT2D eigenvalue weighted by Gasteiger charge is 2.19. The van der Waals surface area contributed by atoms with Crippen LogP contribution in [-0.4, -0.2) is 32.3 Å². The number of imidazole rings is 1. The second-order valence-electron chi connectivity index (χ2n) is 7.38. The lowest BCUT2D eigenvalue weighted by Crippen LogP contribution is -2.04. The summed E-state index contributed by atoms with van der Waals surface area (Å²) in [6.07, 6.45) is 6.39. The molecule has 0 radical (unpaired) electrons. The van der Waals surface area contributed by atoms with E-state index in [2.05, 4.69) is 35.5 Å². The third-order valence-corrected chi connectivity index (χ3v) is 6.05. The SMILES string of the molecule is COc1cc(-n2ccnc2)ccc1-c1cc2sc(C(=O)O)cc2n1CCC(C)C. The van der Waals surface area contributed by atoms with Gasteiger partial charge in [-0.15, -0.1) is 11.3 Å². The van der Waals surface area contributed by atoms with Crippen molar-refractivity contribution in [2.75, 3.05) is 7.11 Å². The highest BCUT2D eigenvalue weighted by Crippen LogP contribution is 2.39. The van der Waals surface area contributed by atoms with E-state index < -0.39 is 5.97 Å². The molecule has 0 unspecified atom stereocenters. The Balaban J connectivity index is 1.84. The van der Waals surface area contributed by atoms with Crippen LogP contribution in [0, 0.1) is 5.92 Å². The standard InChI is InChI=1S/C22H23N3O3S/c1-14(2)6-8-25-17(11-20-18(25)12-21(29-20)22(26)27)16-5-4-15(10-19(16)28-3)24-9-7-23-13-24/h4-5,7,9-14H,6,8H2,1-3H3,(H,26,27). The number of ether oxygens (including phenoxy) is 1. The molecule has 1 N–H and O–H groups in total. The number of aromatic carboxylic acids is 1. The van der Waals surface area contributed by atoms with E-state index in [1.54, 1.807) is 25.7 Å². The number of aromatic nitrogens is 3. The van der Waals surface area contributed by atoms with Crippen molar-refractivity contribution in [2.24, 2.45) is 5.92 Å². The van der Waals surface area contributed by atoms with Crippen molar-refractivity contribution in [2.45, 2.75) is 26.8 Å².